The summed E-state index contributed by atoms with van der Waals surface area (Å²) in [5.74, 6) is -0.00461. The fourth-order valence-corrected chi connectivity index (χ4v) is 2.19. The molecule has 1 aromatic carbocycles. The van der Waals surface area contributed by atoms with Crippen LogP contribution in [0, 0.1) is 6.92 Å². The number of hydrogen-bond acceptors (Lipinski definition) is 8. The summed E-state index contributed by atoms with van der Waals surface area (Å²) in [6, 6.07) is 6.37. The van der Waals surface area contributed by atoms with Gasteiger partial charge in [0, 0.05) is 14.0 Å². The summed E-state index contributed by atoms with van der Waals surface area (Å²) in [6.45, 7) is 1.61. The van der Waals surface area contributed by atoms with Gasteiger partial charge in [-0.3, -0.25) is 4.79 Å². The lowest BCUT2D eigenvalue weighted by Crippen LogP contribution is -2.21. The van der Waals surface area contributed by atoms with Crippen molar-refractivity contribution in [2.45, 2.75) is 6.92 Å². The molecule has 0 aliphatic carbocycles. The Balaban J connectivity index is 2.10. The standard InChI is InChI=1S/C16H16N6O3/c1-9-19-15(22-25-9)10-5-4-6-12(14(10)24-3)20-11-7-8-18-21-13(11)16(23)17-2/h4-8H,1-3H3,(H,17,23)(H,18,20)/i3D3. The SMILES string of the molecule is [2H]C([2H])([2H])Oc1c(Nc2ccnnc2C(=O)NC)cccc1-c1noc(C)n1. The highest BCUT2D eigenvalue weighted by molar-refractivity contribution is 5.98. The first-order valence-corrected chi connectivity index (χ1v) is 7.22. The van der Waals surface area contributed by atoms with Crippen molar-refractivity contribution in [1.82, 2.24) is 25.7 Å². The largest absolute Gasteiger partial charge is 0.494 e. The van der Waals surface area contributed by atoms with Gasteiger partial charge in [-0.1, -0.05) is 11.2 Å². The summed E-state index contributed by atoms with van der Waals surface area (Å²) >= 11 is 0. The Morgan fingerprint density at radius 3 is 2.92 bits per heavy atom. The van der Waals surface area contributed by atoms with E-state index in [4.69, 9.17) is 13.4 Å². The van der Waals surface area contributed by atoms with Crippen molar-refractivity contribution in [1.29, 1.82) is 0 Å². The van der Waals surface area contributed by atoms with Crippen LogP contribution in [-0.2, 0) is 0 Å². The van der Waals surface area contributed by atoms with Gasteiger partial charge in [0.05, 0.1) is 34.3 Å². The third-order valence-electron chi connectivity index (χ3n) is 3.32. The van der Waals surface area contributed by atoms with E-state index in [-0.39, 0.29) is 23.0 Å². The number of para-hydroxylation sites is 1. The third-order valence-corrected chi connectivity index (χ3v) is 3.32. The number of methoxy groups -OCH3 is 1. The number of carbonyl (C=O) groups excluding carboxylic acids is 1. The number of anilines is 2. The van der Waals surface area contributed by atoms with Crippen molar-refractivity contribution in [3.05, 3.63) is 42.0 Å². The predicted molar refractivity (Wildman–Crippen MR) is 89.7 cm³/mol. The zero-order valence-electron chi connectivity index (χ0n) is 16.4. The van der Waals surface area contributed by atoms with Gasteiger partial charge in [0.25, 0.3) is 5.91 Å². The minimum absolute atomic E-state index is 0.0250. The average Bonchev–Trinajstić information content (AvgIpc) is 3.08. The molecule has 9 nitrogen and oxygen atoms in total. The Morgan fingerprint density at radius 1 is 1.32 bits per heavy atom. The topological polar surface area (TPSA) is 115 Å². The highest BCUT2D eigenvalue weighted by Crippen LogP contribution is 2.36. The lowest BCUT2D eigenvalue weighted by atomic mass is 10.1. The van der Waals surface area contributed by atoms with Gasteiger partial charge in [0.2, 0.25) is 11.7 Å². The lowest BCUT2D eigenvalue weighted by Gasteiger charge is -2.14. The molecular formula is C16H16N6O3. The van der Waals surface area contributed by atoms with Crippen molar-refractivity contribution in [2.75, 3.05) is 19.4 Å². The minimum Gasteiger partial charge on any atom is -0.494 e. The molecule has 2 N–H and O–H groups in total. The number of nitrogens with zero attached hydrogens (tertiary/aromatic N) is 4. The highest BCUT2D eigenvalue weighted by atomic mass is 16.5. The Morgan fingerprint density at radius 2 is 2.20 bits per heavy atom. The smallest absolute Gasteiger partial charge is 0.273 e. The number of hydrogen-bond donors (Lipinski definition) is 2. The second-order valence-corrected chi connectivity index (χ2v) is 4.92. The number of amides is 1. The van der Waals surface area contributed by atoms with E-state index < -0.39 is 12.9 Å². The quantitative estimate of drug-likeness (QED) is 0.722. The number of aromatic nitrogens is 4. The second kappa shape index (κ2) is 6.95. The molecule has 0 aliphatic heterocycles. The number of benzene rings is 1. The number of ether oxygens (including phenoxy) is 1. The molecule has 0 saturated heterocycles. The van der Waals surface area contributed by atoms with E-state index in [1.807, 2.05) is 0 Å². The molecule has 2 heterocycles. The summed E-state index contributed by atoms with van der Waals surface area (Å²) < 4.78 is 32.6. The molecule has 25 heavy (non-hydrogen) atoms. The molecule has 3 rings (SSSR count). The number of rotatable bonds is 5. The van der Waals surface area contributed by atoms with Gasteiger partial charge in [-0.2, -0.15) is 10.1 Å². The Kier molecular flexibility index (Phi) is 3.58. The van der Waals surface area contributed by atoms with Crippen LogP contribution >= 0.6 is 0 Å². The van der Waals surface area contributed by atoms with Crippen LogP contribution in [0.15, 0.2) is 35.0 Å². The van der Waals surface area contributed by atoms with Crippen LogP contribution in [0.1, 0.15) is 20.5 Å². The molecule has 0 saturated carbocycles. The normalized spacial score (nSPS) is 12.6. The van der Waals surface area contributed by atoms with Gasteiger partial charge >= 0.3 is 0 Å². The monoisotopic (exact) mass is 343 g/mol. The van der Waals surface area contributed by atoms with E-state index in [1.165, 1.54) is 19.3 Å². The van der Waals surface area contributed by atoms with Crippen LogP contribution in [-0.4, -0.2) is 40.3 Å². The van der Waals surface area contributed by atoms with Gasteiger partial charge in [-0.25, -0.2) is 0 Å². The number of carbonyl (C=O) groups is 1. The maximum Gasteiger partial charge on any atom is 0.273 e. The first-order chi connectivity index (χ1) is 13.3. The van der Waals surface area contributed by atoms with Gasteiger partial charge in [0.1, 0.15) is 0 Å². The first kappa shape index (κ1) is 12.9. The van der Waals surface area contributed by atoms with E-state index in [1.54, 1.807) is 25.1 Å². The zero-order valence-corrected chi connectivity index (χ0v) is 13.4. The Labute approximate surface area is 147 Å². The molecule has 128 valence electrons. The summed E-state index contributed by atoms with van der Waals surface area (Å²) in [5, 5.41) is 16.8. The molecular weight excluding hydrogens is 324 g/mol. The number of aryl methyl sites for hydroxylation is 1. The molecule has 0 aliphatic rings. The van der Waals surface area contributed by atoms with E-state index in [0.717, 1.165) is 0 Å². The maximum atomic E-state index is 12.0. The molecule has 0 spiro atoms. The van der Waals surface area contributed by atoms with E-state index in [0.29, 0.717) is 17.1 Å². The fourth-order valence-electron chi connectivity index (χ4n) is 2.19. The van der Waals surface area contributed by atoms with Crippen molar-refractivity contribution >= 4 is 17.3 Å². The van der Waals surface area contributed by atoms with Gasteiger partial charge in [0.15, 0.2) is 11.4 Å². The van der Waals surface area contributed by atoms with Gasteiger partial charge in [-0.05, 0) is 18.2 Å². The molecule has 0 bridgehead atoms. The van der Waals surface area contributed by atoms with E-state index >= 15 is 0 Å². The van der Waals surface area contributed by atoms with Crippen LogP contribution in [0.3, 0.4) is 0 Å². The van der Waals surface area contributed by atoms with Crippen LogP contribution < -0.4 is 15.4 Å². The molecule has 3 aromatic rings. The molecule has 0 fully saturated rings. The zero-order chi connectivity index (χ0) is 20.3. The third kappa shape index (κ3) is 3.25. The molecule has 1 amide bonds. The molecule has 2 aromatic heterocycles. The Bertz CT molecular complexity index is 1010. The molecule has 9 heteroatoms. The minimum atomic E-state index is -2.73. The van der Waals surface area contributed by atoms with Crippen LogP contribution in [0.4, 0.5) is 11.4 Å². The van der Waals surface area contributed by atoms with Crippen molar-refractivity contribution in [2.24, 2.45) is 0 Å². The van der Waals surface area contributed by atoms with Crippen LogP contribution in [0.25, 0.3) is 11.4 Å². The molecule has 0 radical (unpaired) electrons. The Hall–Kier alpha value is -3.49. The second-order valence-electron chi connectivity index (χ2n) is 4.92. The molecule has 0 unspecified atom stereocenters. The van der Waals surface area contributed by atoms with Crippen LogP contribution in [0.2, 0.25) is 0 Å². The van der Waals surface area contributed by atoms with Gasteiger partial charge in [-0.15, -0.1) is 5.10 Å². The number of nitrogens with one attached hydrogen (secondary N) is 2. The van der Waals surface area contributed by atoms with Crippen molar-refractivity contribution in [3.8, 4) is 17.1 Å². The summed E-state index contributed by atoms with van der Waals surface area (Å²) in [6.07, 6.45) is 1.39. The highest BCUT2D eigenvalue weighted by Gasteiger charge is 2.18. The van der Waals surface area contributed by atoms with E-state index in [2.05, 4.69) is 31.0 Å². The van der Waals surface area contributed by atoms with Crippen LogP contribution in [0.5, 0.6) is 5.75 Å². The molecule has 0 atom stereocenters. The van der Waals surface area contributed by atoms with Gasteiger partial charge < -0.3 is 19.9 Å². The summed E-state index contributed by atoms with van der Waals surface area (Å²) in [7, 11) is -1.27. The first-order valence-electron chi connectivity index (χ1n) is 8.72. The fraction of sp³-hybridized carbons (Fsp3) is 0.188. The van der Waals surface area contributed by atoms with E-state index in [9.17, 15) is 4.79 Å². The predicted octanol–water partition coefficient (Wildman–Crippen LogP) is 1.95. The summed E-state index contributed by atoms with van der Waals surface area (Å²) in [4.78, 5) is 16.1. The average molecular weight is 343 g/mol. The van der Waals surface area contributed by atoms with Crippen molar-refractivity contribution < 1.29 is 18.2 Å². The van der Waals surface area contributed by atoms with Crippen molar-refractivity contribution in [3.63, 3.8) is 0 Å². The maximum absolute atomic E-state index is 12.0. The lowest BCUT2D eigenvalue weighted by molar-refractivity contribution is 0.0958. The summed E-state index contributed by atoms with van der Waals surface area (Å²) in [5.41, 5.74) is 0.924.